The number of terminal acetylenes is 4. The SMILES string of the molecule is C#CCOP(=O)(OCC#C)OCOCOP(=O)(OCC#C)OCC#C. The van der Waals surface area contributed by atoms with Crippen LogP contribution in [0.15, 0.2) is 0 Å². The number of rotatable bonds is 14. The third-order valence-electron chi connectivity index (χ3n) is 1.81. The molecule has 0 aromatic rings. The summed E-state index contributed by atoms with van der Waals surface area (Å²) < 4.78 is 57.5. The minimum Gasteiger partial charge on any atom is -0.328 e. The Kier molecular flexibility index (Phi) is 12.8. The van der Waals surface area contributed by atoms with Gasteiger partial charge in [-0.05, 0) is 0 Å². The van der Waals surface area contributed by atoms with Gasteiger partial charge in [0.2, 0.25) is 0 Å². The summed E-state index contributed by atoms with van der Waals surface area (Å²) >= 11 is 0. The highest BCUT2D eigenvalue weighted by Crippen LogP contribution is 2.50. The summed E-state index contributed by atoms with van der Waals surface area (Å²) in [7, 11) is -8.04. The van der Waals surface area contributed by atoms with Crippen molar-refractivity contribution in [1.29, 1.82) is 0 Å². The smallest absolute Gasteiger partial charge is 0.328 e. The van der Waals surface area contributed by atoms with Crippen LogP contribution in [0.3, 0.4) is 0 Å². The third kappa shape index (κ3) is 11.6. The van der Waals surface area contributed by atoms with Gasteiger partial charge in [-0.25, -0.2) is 9.13 Å². The zero-order chi connectivity index (χ0) is 19.0. The Morgan fingerprint density at radius 3 is 1.08 bits per heavy atom. The van der Waals surface area contributed by atoms with Crippen molar-refractivity contribution in [3.8, 4) is 49.4 Å². The molecule has 0 saturated carbocycles. The number of hydrogen-bond acceptors (Lipinski definition) is 9. The Labute approximate surface area is 146 Å². The molecule has 0 rings (SSSR count). The first kappa shape index (κ1) is 23.4. The van der Waals surface area contributed by atoms with E-state index >= 15 is 0 Å². The van der Waals surface area contributed by atoms with Crippen molar-refractivity contribution < 1.29 is 41.0 Å². The highest BCUT2D eigenvalue weighted by atomic mass is 31.2. The lowest BCUT2D eigenvalue weighted by molar-refractivity contribution is -0.0771. The second-order valence-corrected chi connectivity index (χ2v) is 6.84. The van der Waals surface area contributed by atoms with Gasteiger partial charge >= 0.3 is 15.6 Å². The first-order valence-corrected chi connectivity index (χ1v) is 9.26. The first-order valence-electron chi connectivity index (χ1n) is 6.34. The average Bonchev–Trinajstić information content (AvgIpc) is 2.61. The fourth-order valence-electron chi connectivity index (χ4n) is 0.927. The summed E-state index contributed by atoms with van der Waals surface area (Å²) in [6.07, 6.45) is 19.9. The van der Waals surface area contributed by atoms with Crippen LogP contribution >= 0.6 is 15.6 Å². The van der Waals surface area contributed by atoms with Gasteiger partial charge < -0.3 is 4.74 Å². The van der Waals surface area contributed by atoms with E-state index in [9.17, 15) is 9.13 Å². The molecule has 0 unspecified atom stereocenters. The van der Waals surface area contributed by atoms with Crippen LogP contribution in [0.25, 0.3) is 0 Å². The Bertz CT molecular complexity index is 547. The molecule has 136 valence electrons. The van der Waals surface area contributed by atoms with Gasteiger partial charge in [-0.1, -0.05) is 23.7 Å². The van der Waals surface area contributed by atoms with Gasteiger partial charge in [0.05, 0.1) is 0 Å². The van der Waals surface area contributed by atoms with Gasteiger partial charge in [-0.3, -0.25) is 27.1 Å². The lowest BCUT2D eigenvalue weighted by atomic mass is 10.8. The maximum atomic E-state index is 12.0. The maximum absolute atomic E-state index is 12.0. The van der Waals surface area contributed by atoms with Crippen molar-refractivity contribution in [1.82, 2.24) is 0 Å². The van der Waals surface area contributed by atoms with E-state index in [4.69, 9.17) is 57.6 Å². The minimum absolute atomic E-state index is 0.340. The predicted molar refractivity (Wildman–Crippen MR) is 87.3 cm³/mol. The van der Waals surface area contributed by atoms with E-state index in [2.05, 4.69) is 23.7 Å². The van der Waals surface area contributed by atoms with E-state index in [1.807, 2.05) is 0 Å². The van der Waals surface area contributed by atoms with Crippen LogP contribution in [-0.2, 0) is 41.0 Å². The van der Waals surface area contributed by atoms with E-state index in [0.29, 0.717) is 0 Å². The predicted octanol–water partition coefficient (Wildman–Crippen LogP) is 1.77. The Morgan fingerprint density at radius 2 is 0.840 bits per heavy atom. The number of hydrogen-bond donors (Lipinski definition) is 0. The second-order valence-electron chi connectivity index (χ2n) is 3.50. The Balaban J connectivity index is 4.38. The zero-order valence-electron chi connectivity index (χ0n) is 13.1. The van der Waals surface area contributed by atoms with E-state index in [1.54, 1.807) is 0 Å². The normalized spacial score (nSPS) is 11.0. The second kappa shape index (κ2) is 13.7. The molecule has 0 fully saturated rings. The van der Waals surface area contributed by atoms with Crippen LogP contribution < -0.4 is 0 Å². The molecular formula is C14H16O9P2. The van der Waals surface area contributed by atoms with Gasteiger partial charge in [0.15, 0.2) is 13.6 Å². The average molecular weight is 390 g/mol. The van der Waals surface area contributed by atoms with E-state index in [-0.39, 0.29) is 26.4 Å². The van der Waals surface area contributed by atoms with Gasteiger partial charge in [-0.15, -0.1) is 25.7 Å². The lowest BCUT2D eigenvalue weighted by Crippen LogP contribution is -2.08. The minimum atomic E-state index is -4.02. The molecule has 9 nitrogen and oxygen atoms in total. The van der Waals surface area contributed by atoms with Crippen LogP contribution in [0.2, 0.25) is 0 Å². The van der Waals surface area contributed by atoms with Crippen LogP contribution in [0, 0.1) is 49.4 Å². The van der Waals surface area contributed by atoms with Crippen molar-refractivity contribution in [3.05, 3.63) is 0 Å². The first-order chi connectivity index (χ1) is 11.9. The summed E-state index contributed by atoms with van der Waals surface area (Å²) in [6, 6.07) is 0. The van der Waals surface area contributed by atoms with Crippen LogP contribution in [-0.4, -0.2) is 40.0 Å². The molecule has 0 heterocycles. The van der Waals surface area contributed by atoms with Gasteiger partial charge in [0, 0.05) is 0 Å². The molecule has 0 aromatic heterocycles. The molecule has 0 aromatic carbocycles. The molecular weight excluding hydrogens is 374 g/mol. The topological polar surface area (TPSA) is 98.8 Å². The molecule has 25 heavy (non-hydrogen) atoms. The van der Waals surface area contributed by atoms with Gasteiger partial charge in [0.25, 0.3) is 0 Å². The molecule has 0 atom stereocenters. The molecule has 0 spiro atoms. The molecule has 0 aliphatic carbocycles. The van der Waals surface area contributed by atoms with Crippen molar-refractivity contribution in [2.24, 2.45) is 0 Å². The highest BCUT2D eigenvalue weighted by molar-refractivity contribution is 7.48. The maximum Gasteiger partial charge on any atom is 0.478 e. The molecule has 0 radical (unpaired) electrons. The summed E-state index contributed by atoms with van der Waals surface area (Å²) in [4.78, 5) is 0. The standard InChI is InChI=1S/C14H16O9P2/c1-5-9-18-24(15,19-10-6-2)22-13-17-14-23-25(16,20-11-7-3)21-12-8-4/h1-4H,9-14H2. The van der Waals surface area contributed by atoms with Gasteiger partial charge in [0.1, 0.15) is 26.4 Å². The number of phosphoric ester groups is 2. The number of ether oxygens (including phenoxy) is 1. The molecule has 0 aliphatic rings. The lowest BCUT2D eigenvalue weighted by Gasteiger charge is -2.17. The van der Waals surface area contributed by atoms with Crippen molar-refractivity contribution >= 4 is 15.6 Å². The molecule has 0 bridgehead atoms. The fourth-order valence-corrected chi connectivity index (χ4v) is 2.71. The summed E-state index contributed by atoms with van der Waals surface area (Å²) in [6.45, 7) is -2.62. The highest BCUT2D eigenvalue weighted by Gasteiger charge is 2.28. The molecule has 0 amide bonds. The zero-order valence-corrected chi connectivity index (χ0v) is 14.9. The van der Waals surface area contributed by atoms with Crippen LogP contribution in [0.1, 0.15) is 0 Å². The molecule has 0 N–H and O–H groups in total. The van der Waals surface area contributed by atoms with Gasteiger partial charge in [-0.2, -0.15) is 0 Å². The van der Waals surface area contributed by atoms with E-state index in [1.165, 1.54) is 0 Å². The van der Waals surface area contributed by atoms with Crippen molar-refractivity contribution in [3.63, 3.8) is 0 Å². The summed E-state index contributed by atoms with van der Waals surface area (Å²) in [5, 5.41) is 0. The van der Waals surface area contributed by atoms with E-state index < -0.39 is 29.2 Å². The molecule has 0 aliphatic heterocycles. The third-order valence-corrected chi connectivity index (χ3v) is 4.44. The Hall–Kier alpha value is -1.58. The largest absolute Gasteiger partial charge is 0.478 e. The molecule has 0 saturated heterocycles. The molecule has 11 heteroatoms. The summed E-state index contributed by atoms with van der Waals surface area (Å²) in [5.74, 6) is 8.35. The summed E-state index contributed by atoms with van der Waals surface area (Å²) in [5.41, 5.74) is 0. The van der Waals surface area contributed by atoms with Crippen LogP contribution in [0.4, 0.5) is 0 Å². The van der Waals surface area contributed by atoms with Crippen LogP contribution in [0.5, 0.6) is 0 Å². The monoisotopic (exact) mass is 390 g/mol. The van der Waals surface area contributed by atoms with Crippen molar-refractivity contribution in [2.75, 3.05) is 40.0 Å². The van der Waals surface area contributed by atoms with E-state index in [0.717, 1.165) is 0 Å². The van der Waals surface area contributed by atoms with Crippen molar-refractivity contribution in [2.45, 2.75) is 0 Å². The quantitative estimate of drug-likeness (QED) is 0.190. The Morgan fingerprint density at radius 1 is 0.560 bits per heavy atom. The number of phosphoric acid groups is 2. The fraction of sp³-hybridized carbons (Fsp3) is 0.429.